The molecule has 0 saturated carbocycles. The number of amides is 1. The van der Waals surface area contributed by atoms with E-state index in [9.17, 15) is 18.0 Å². The number of carbonyl (C=O) groups excluding carboxylic acids is 1. The van der Waals surface area contributed by atoms with Crippen LogP contribution in [0.25, 0.3) is 0 Å². The van der Waals surface area contributed by atoms with Gasteiger partial charge in [0.25, 0.3) is 0 Å². The fourth-order valence-electron chi connectivity index (χ4n) is 4.42. The van der Waals surface area contributed by atoms with Gasteiger partial charge in [0.15, 0.2) is 0 Å². The Morgan fingerprint density at radius 3 is 2.62 bits per heavy atom. The quantitative estimate of drug-likeness (QED) is 0.781. The molecular formula is C18H22F3NO2. The van der Waals surface area contributed by atoms with Gasteiger partial charge in [-0.15, -0.1) is 0 Å². The number of benzene rings is 1. The fraction of sp³-hybridized carbons (Fsp3) is 0.611. The van der Waals surface area contributed by atoms with Crippen LogP contribution in [0.15, 0.2) is 12.1 Å². The smallest absolute Gasteiger partial charge is 0.471 e. The number of hydrogen-bond acceptors (Lipinski definition) is 2. The lowest BCUT2D eigenvalue weighted by Crippen LogP contribution is -2.61. The van der Waals surface area contributed by atoms with Crippen LogP contribution in [0.2, 0.25) is 0 Å². The zero-order valence-electron chi connectivity index (χ0n) is 14.3. The van der Waals surface area contributed by atoms with Crippen molar-refractivity contribution in [2.75, 3.05) is 13.7 Å². The molecule has 0 unspecified atom stereocenters. The monoisotopic (exact) mass is 341 g/mol. The molecule has 1 saturated heterocycles. The molecule has 24 heavy (non-hydrogen) atoms. The standard InChI is InChI=1S/C18H22F3NO2/c1-10-7-12-8-14-11(2)17(3,13(12)9-15(10)24-4)5-6-22(14)16(23)18(19,20)21/h7,9,11,14H,5-6,8H2,1-4H3/t11-,14-,17-/m1/s1. The van der Waals surface area contributed by atoms with Crippen molar-refractivity contribution in [3.8, 4) is 5.75 Å². The van der Waals surface area contributed by atoms with Crippen LogP contribution in [0.4, 0.5) is 13.2 Å². The number of piperidine rings is 1. The summed E-state index contributed by atoms with van der Waals surface area (Å²) >= 11 is 0. The van der Waals surface area contributed by atoms with Crippen LogP contribution in [-0.2, 0) is 16.6 Å². The first-order valence-electron chi connectivity index (χ1n) is 8.15. The molecule has 0 N–H and O–H groups in total. The molecule has 1 fully saturated rings. The zero-order valence-corrected chi connectivity index (χ0v) is 14.3. The Labute approximate surface area is 139 Å². The minimum atomic E-state index is -4.82. The number of aryl methyl sites for hydroxylation is 1. The third-order valence-electron chi connectivity index (χ3n) is 6.02. The van der Waals surface area contributed by atoms with E-state index in [4.69, 9.17) is 4.74 Å². The van der Waals surface area contributed by atoms with Crippen molar-refractivity contribution in [3.63, 3.8) is 0 Å². The van der Waals surface area contributed by atoms with Gasteiger partial charge in [-0.2, -0.15) is 13.2 Å². The Morgan fingerprint density at radius 2 is 2.04 bits per heavy atom. The molecule has 1 aromatic carbocycles. The predicted octanol–water partition coefficient (Wildman–Crippen LogP) is 3.62. The van der Waals surface area contributed by atoms with E-state index in [0.29, 0.717) is 12.8 Å². The Bertz CT molecular complexity index is 686. The first-order chi connectivity index (χ1) is 11.1. The second kappa shape index (κ2) is 5.39. The van der Waals surface area contributed by atoms with Crippen molar-refractivity contribution >= 4 is 5.91 Å². The van der Waals surface area contributed by atoms with E-state index in [1.165, 1.54) is 0 Å². The number of fused-ring (bicyclic) bond motifs is 4. The maximum atomic E-state index is 12.9. The van der Waals surface area contributed by atoms with Gasteiger partial charge in [-0.1, -0.05) is 19.9 Å². The molecule has 1 aromatic rings. The summed E-state index contributed by atoms with van der Waals surface area (Å²) < 4.78 is 44.2. The Morgan fingerprint density at radius 1 is 1.38 bits per heavy atom. The van der Waals surface area contributed by atoms with Crippen molar-refractivity contribution in [1.29, 1.82) is 0 Å². The van der Waals surface area contributed by atoms with E-state index >= 15 is 0 Å². The van der Waals surface area contributed by atoms with Crippen LogP contribution in [-0.4, -0.2) is 36.7 Å². The van der Waals surface area contributed by atoms with Crippen molar-refractivity contribution in [2.45, 2.75) is 51.2 Å². The van der Waals surface area contributed by atoms with Gasteiger partial charge in [-0.3, -0.25) is 4.79 Å². The first kappa shape index (κ1) is 17.1. The molecule has 1 aliphatic heterocycles. The maximum Gasteiger partial charge on any atom is 0.471 e. The van der Waals surface area contributed by atoms with E-state index in [2.05, 4.69) is 6.92 Å². The van der Waals surface area contributed by atoms with Crippen molar-refractivity contribution in [3.05, 3.63) is 28.8 Å². The molecule has 3 rings (SSSR count). The van der Waals surface area contributed by atoms with Gasteiger partial charge in [-0.05, 0) is 53.9 Å². The minimum Gasteiger partial charge on any atom is -0.496 e. The van der Waals surface area contributed by atoms with E-state index in [1.54, 1.807) is 7.11 Å². The third-order valence-corrected chi connectivity index (χ3v) is 6.02. The molecular weight excluding hydrogens is 319 g/mol. The number of carbonyl (C=O) groups is 1. The molecule has 132 valence electrons. The van der Waals surface area contributed by atoms with Gasteiger partial charge >= 0.3 is 12.1 Å². The number of likely N-dealkylation sites (tertiary alicyclic amines) is 1. The molecule has 6 heteroatoms. The molecule has 1 amide bonds. The van der Waals surface area contributed by atoms with Crippen molar-refractivity contribution in [2.24, 2.45) is 5.92 Å². The lowest BCUT2D eigenvalue weighted by atomic mass is 9.59. The number of methoxy groups -OCH3 is 1. The highest BCUT2D eigenvalue weighted by molar-refractivity contribution is 5.82. The van der Waals surface area contributed by atoms with Crippen LogP contribution in [0.3, 0.4) is 0 Å². The van der Waals surface area contributed by atoms with Crippen LogP contribution in [0.1, 0.15) is 37.0 Å². The number of hydrogen-bond donors (Lipinski definition) is 0. The number of alkyl halides is 3. The van der Waals surface area contributed by atoms with Crippen molar-refractivity contribution in [1.82, 2.24) is 4.90 Å². The summed E-state index contributed by atoms with van der Waals surface area (Å²) in [4.78, 5) is 12.9. The largest absolute Gasteiger partial charge is 0.496 e. The van der Waals surface area contributed by atoms with Crippen LogP contribution in [0, 0.1) is 12.8 Å². The van der Waals surface area contributed by atoms with Crippen molar-refractivity contribution < 1.29 is 22.7 Å². The molecule has 0 radical (unpaired) electrons. The summed E-state index contributed by atoms with van der Waals surface area (Å²) in [6.45, 7) is 6.11. The average molecular weight is 341 g/mol. The number of ether oxygens (including phenoxy) is 1. The van der Waals surface area contributed by atoms with Crippen LogP contribution in [0.5, 0.6) is 5.75 Å². The van der Waals surface area contributed by atoms with Gasteiger partial charge in [0, 0.05) is 12.6 Å². The second-order valence-electron chi connectivity index (χ2n) is 7.20. The van der Waals surface area contributed by atoms with E-state index < -0.39 is 18.1 Å². The highest BCUT2D eigenvalue weighted by atomic mass is 19.4. The van der Waals surface area contributed by atoms with Gasteiger partial charge in [0.1, 0.15) is 5.75 Å². The van der Waals surface area contributed by atoms with E-state index in [1.807, 2.05) is 26.0 Å². The van der Waals surface area contributed by atoms with Crippen LogP contribution >= 0.6 is 0 Å². The normalized spacial score (nSPS) is 29.2. The number of halogens is 3. The molecule has 1 aliphatic carbocycles. The average Bonchev–Trinajstić information content (AvgIpc) is 2.49. The number of rotatable bonds is 1. The first-order valence-corrected chi connectivity index (χ1v) is 8.15. The molecule has 0 aromatic heterocycles. The summed E-state index contributed by atoms with van der Waals surface area (Å²) in [5, 5.41) is 0. The summed E-state index contributed by atoms with van der Waals surface area (Å²) in [7, 11) is 1.62. The summed E-state index contributed by atoms with van der Waals surface area (Å²) in [6.07, 6.45) is -3.84. The minimum absolute atomic E-state index is 0.0440. The van der Waals surface area contributed by atoms with Gasteiger partial charge in [-0.25, -0.2) is 0 Å². The highest BCUT2D eigenvalue weighted by Crippen LogP contribution is 2.50. The highest BCUT2D eigenvalue weighted by Gasteiger charge is 2.54. The summed E-state index contributed by atoms with van der Waals surface area (Å²) in [5.41, 5.74) is 2.88. The van der Waals surface area contributed by atoms with E-state index in [-0.39, 0.29) is 17.9 Å². The summed E-state index contributed by atoms with van der Waals surface area (Å²) in [6, 6.07) is 3.60. The SMILES string of the molecule is COc1cc2c(cc1C)C[C@@H]1[C@@H](C)[C@@]2(C)CCN1C(=O)C(F)(F)F. The lowest BCUT2D eigenvalue weighted by molar-refractivity contribution is -0.192. The number of nitrogens with zero attached hydrogens (tertiary/aromatic N) is 1. The second-order valence-corrected chi connectivity index (χ2v) is 7.20. The Balaban J connectivity index is 2.06. The Kier molecular flexibility index (Phi) is 3.85. The van der Waals surface area contributed by atoms with Gasteiger partial charge < -0.3 is 9.64 Å². The molecule has 3 atom stereocenters. The third kappa shape index (κ3) is 2.38. The molecule has 2 bridgehead atoms. The molecule has 1 heterocycles. The lowest BCUT2D eigenvalue weighted by Gasteiger charge is -2.54. The van der Waals surface area contributed by atoms with Crippen LogP contribution < -0.4 is 4.74 Å². The Hall–Kier alpha value is -1.72. The molecule has 2 aliphatic rings. The molecule has 0 spiro atoms. The fourth-order valence-corrected chi connectivity index (χ4v) is 4.42. The maximum absolute atomic E-state index is 12.9. The summed E-state index contributed by atoms with van der Waals surface area (Å²) in [5.74, 6) is -0.957. The van der Waals surface area contributed by atoms with Gasteiger partial charge in [0.05, 0.1) is 7.11 Å². The molecule has 3 nitrogen and oxygen atoms in total. The zero-order chi connectivity index (χ0) is 17.9. The van der Waals surface area contributed by atoms with Gasteiger partial charge in [0.2, 0.25) is 0 Å². The topological polar surface area (TPSA) is 29.5 Å². The predicted molar refractivity (Wildman–Crippen MR) is 84.1 cm³/mol. The van der Waals surface area contributed by atoms with E-state index in [0.717, 1.165) is 27.3 Å².